The molecule has 4 heteroatoms. The van der Waals surface area contributed by atoms with E-state index in [0.29, 0.717) is 6.42 Å². The van der Waals surface area contributed by atoms with Crippen molar-refractivity contribution in [3.63, 3.8) is 0 Å². The summed E-state index contributed by atoms with van der Waals surface area (Å²) in [5, 5.41) is 9.57. The van der Waals surface area contributed by atoms with Crippen LogP contribution in [-0.4, -0.2) is 35.5 Å². The average Bonchev–Trinajstić information content (AvgIpc) is 2.51. The molecule has 2 aliphatic rings. The Morgan fingerprint density at radius 1 is 1.36 bits per heavy atom. The first kappa shape index (κ1) is 10.1. The minimum Gasteiger partial charge on any atom is -0.366 e. The van der Waals surface area contributed by atoms with Gasteiger partial charge in [0.05, 0.1) is 6.10 Å². The van der Waals surface area contributed by atoms with Crippen molar-refractivity contribution in [3.8, 4) is 0 Å². The van der Waals surface area contributed by atoms with Crippen LogP contribution in [0.4, 0.5) is 0 Å². The van der Waals surface area contributed by atoms with Crippen LogP contribution in [0, 0.1) is 0 Å². The molecule has 0 aliphatic carbocycles. The Balaban J connectivity index is 2.10. The third-order valence-electron chi connectivity index (χ3n) is 2.52. The van der Waals surface area contributed by atoms with Crippen LogP contribution in [0.15, 0.2) is 12.7 Å². The number of hydrogen-bond donors (Lipinski definition) is 1. The van der Waals surface area contributed by atoms with E-state index in [4.69, 9.17) is 14.2 Å². The van der Waals surface area contributed by atoms with Crippen LogP contribution < -0.4 is 0 Å². The molecule has 2 rings (SSSR count). The van der Waals surface area contributed by atoms with Crippen LogP contribution in [0.5, 0.6) is 0 Å². The van der Waals surface area contributed by atoms with E-state index in [1.807, 2.05) is 13.8 Å². The quantitative estimate of drug-likeness (QED) is 0.670. The fourth-order valence-electron chi connectivity index (χ4n) is 2.01. The Morgan fingerprint density at radius 2 is 2.00 bits per heavy atom. The fourth-order valence-corrected chi connectivity index (χ4v) is 2.01. The third-order valence-corrected chi connectivity index (χ3v) is 2.52. The maximum Gasteiger partial charge on any atom is 0.184 e. The van der Waals surface area contributed by atoms with Crippen LogP contribution >= 0.6 is 0 Å². The highest BCUT2D eigenvalue weighted by atomic mass is 16.8. The van der Waals surface area contributed by atoms with Gasteiger partial charge in [-0.25, -0.2) is 0 Å². The zero-order valence-corrected chi connectivity index (χ0v) is 8.47. The van der Waals surface area contributed by atoms with Gasteiger partial charge in [-0.2, -0.15) is 0 Å². The maximum absolute atomic E-state index is 9.57. The standard InChI is InChI=1S/C10H16O4/c1-4-5-6-7-8(9(11)12-6)14-10(2,3)13-7/h4,6-9,11H,1,5H2,2-3H3/t6-,7+,8+,9+/m1/s1. The van der Waals surface area contributed by atoms with Gasteiger partial charge < -0.3 is 19.3 Å². The molecular formula is C10H16O4. The maximum atomic E-state index is 9.57. The lowest BCUT2D eigenvalue weighted by Crippen LogP contribution is -2.29. The largest absolute Gasteiger partial charge is 0.366 e. The van der Waals surface area contributed by atoms with Gasteiger partial charge in [-0.15, -0.1) is 6.58 Å². The monoisotopic (exact) mass is 200 g/mol. The van der Waals surface area contributed by atoms with Crippen molar-refractivity contribution in [3.05, 3.63) is 12.7 Å². The van der Waals surface area contributed by atoms with Gasteiger partial charge in [-0.3, -0.25) is 0 Å². The number of hydrogen-bond acceptors (Lipinski definition) is 4. The normalized spacial score (nSPS) is 45.1. The first-order valence-electron chi connectivity index (χ1n) is 4.83. The summed E-state index contributed by atoms with van der Waals surface area (Å²) in [7, 11) is 0. The van der Waals surface area contributed by atoms with Crippen molar-refractivity contribution < 1.29 is 19.3 Å². The molecule has 0 spiro atoms. The van der Waals surface area contributed by atoms with Crippen LogP contribution in [0.25, 0.3) is 0 Å². The van der Waals surface area contributed by atoms with E-state index in [1.165, 1.54) is 0 Å². The Bertz CT molecular complexity index is 238. The minimum absolute atomic E-state index is 0.144. The smallest absolute Gasteiger partial charge is 0.184 e. The summed E-state index contributed by atoms with van der Waals surface area (Å²) in [6.07, 6.45) is 0.848. The van der Waals surface area contributed by atoms with Crippen molar-refractivity contribution >= 4 is 0 Å². The van der Waals surface area contributed by atoms with Gasteiger partial charge in [-0.05, 0) is 20.3 Å². The molecule has 4 atom stereocenters. The summed E-state index contributed by atoms with van der Waals surface area (Å²) in [6, 6.07) is 0. The molecule has 0 radical (unpaired) electrons. The lowest BCUT2D eigenvalue weighted by molar-refractivity contribution is -0.219. The second-order valence-electron chi connectivity index (χ2n) is 4.15. The van der Waals surface area contributed by atoms with Crippen LogP contribution in [0.3, 0.4) is 0 Å². The van der Waals surface area contributed by atoms with Crippen LogP contribution in [-0.2, 0) is 14.2 Å². The van der Waals surface area contributed by atoms with Crippen LogP contribution in [0.2, 0.25) is 0 Å². The number of ether oxygens (including phenoxy) is 3. The van der Waals surface area contributed by atoms with E-state index in [1.54, 1.807) is 6.08 Å². The van der Waals surface area contributed by atoms with E-state index < -0.39 is 12.1 Å². The van der Waals surface area contributed by atoms with Gasteiger partial charge in [0.1, 0.15) is 12.2 Å². The molecular weight excluding hydrogens is 184 g/mol. The van der Waals surface area contributed by atoms with Crippen molar-refractivity contribution in [1.82, 2.24) is 0 Å². The van der Waals surface area contributed by atoms with Crippen molar-refractivity contribution in [2.45, 2.75) is 50.7 Å². The topological polar surface area (TPSA) is 47.9 Å². The average molecular weight is 200 g/mol. The molecule has 0 saturated carbocycles. The second-order valence-corrected chi connectivity index (χ2v) is 4.15. The summed E-state index contributed by atoms with van der Waals surface area (Å²) < 4.78 is 16.5. The molecule has 0 bridgehead atoms. The van der Waals surface area contributed by atoms with E-state index in [2.05, 4.69) is 6.58 Å². The van der Waals surface area contributed by atoms with E-state index in [-0.39, 0.29) is 18.3 Å². The van der Waals surface area contributed by atoms with Crippen LogP contribution in [0.1, 0.15) is 20.3 Å². The molecule has 4 nitrogen and oxygen atoms in total. The molecule has 80 valence electrons. The summed E-state index contributed by atoms with van der Waals surface area (Å²) in [6.45, 7) is 7.31. The fraction of sp³-hybridized carbons (Fsp3) is 0.800. The molecule has 0 aromatic heterocycles. The molecule has 1 N–H and O–H groups in total. The Hall–Kier alpha value is -0.420. The molecule has 0 amide bonds. The van der Waals surface area contributed by atoms with E-state index in [0.717, 1.165) is 0 Å². The second kappa shape index (κ2) is 3.31. The number of rotatable bonds is 2. The molecule has 14 heavy (non-hydrogen) atoms. The number of aliphatic hydroxyl groups excluding tert-OH is 1. The highest BCUT2D eigenvalue weighted by Gasteiger charge is 2.54. The molecule has 2 saturated heterocycles. The SMILES string of the molecule is C=CC[C@H]1O[C@H](O)[C@H]2OC(C)(C)O[C@H]21. The zero-order chi connectivity index (χ0) is 10.3. The molecule has 0 aromatic rings. The van der Waals surface area contributed by atoms with E-state index in [9.17, 15) is 5.11 Å². The first-order chi connectivity index (χ1) is 6.53. The summed E-state index contributed by atoms with van der Waals surface area (Å²) in [4.78, 5) is 0. The summed E-state index contributed by atoms with van der Waals surface area (Å²) in [5.74, 6) is -0.625. The van der Waals surface area contributed by atoms with Gasteiger partial charge in [0.2, 0.25) is 0 Å². The lowest BCUT2D eigenvalue weighted by atomic mass is 10.1. The molecule has 2 fully saturated rings. The first-order valence-corrected chi connectivity index (χ1v) is 4.83. The van der Waals surface area contributed by atoms with Gasteiger partial charge in [0.25, 0.3) is 0 Å². The lowest BCUT2D eigenvalue weighted by Gasteiger charge is -2.21. The molecule has 2 heterocycles. The molecule has 2 aliphatic heterocycles. The summed E-state index contributed by atoms with van der Waals surface area (Å²) >= 11 is 0. The van der Waals surface area contributed by atoms with Gasteiger partial charge in [-0.1, -0.05) is 6.08 Å². The number of fused-ring (bicyclic) bond motifs is 1. The minimum atomic E-state index is -0.883. The Morgan fingerprint density at radius 3 is 2.64 bits per heavy atom. The Kier molecular flexibility index (Phi) is 2.39. The highest BCUT2D eigenvalue weighted by molar-refractivity contribution is 4.96. The van der Waals surface area contributed by atoms with Crippen molar-refractivity contribution in [2.24, 2.45) is 0 Å². The van der Waals surface area contributed by atoms with Gasteiger partial charge >= 0.3 is 0 Å². The van der Waals surface area contributed by atoms with Crippen molar-refractivity contribution in [1.29, 1.82) is 0 Å². The highest BCUT2D eigenvalue weighted by Crippen LogP contribution is 2.38. The predicted octanol–water partition coefficient (Wildman–Crippen LogP) is 0.800. The third kappa shape index (κ3) is 1.59. The van der Waals surface area contributed by atoms with E-state index >= 15 is 0 Å². The molecule has 0 aromatic carbocycles. The Labute approximate surface area is 83.5 Å². The number of aliphatic hydroxyl groups is 1. The summed E-state index contributed by atoms with van der Waals surface area (Å²) in [5.41, 5.74) is 0. The molecule has 0 unspecified atom stereocenters. The zero-order valence-electron chi connectivity index (χ0n) is 8.47. The van der Waals surface area contributed by atoms with Gasteiger partial charge in [0.15, 0.2) is 12.1 Å². The van der Waals surface area contributed by atoms with Gasteiger partial charge in [0, 0.05) is 0 Å². The van der Waals surface area contributed by atoms with Crippen molar-refractivity contribution in [2.75, 3.05) is 0 Å². The predicted molar refractivity (Wildman–Crippen MR) is 49.5 cm³/mol.